The quantitative estimate of drug-likeness (QED) is 0.481. The van der Waals surface area contributed by atoms with Crippen LogP contribution in [-0.2, 0) is 7.05 Å². The summed E-state index contributed by atoms with van der Waals surface area (Å²) in [6.45, 7) is 3.75. The highest BCUT2D eigenvalue weighted by Gasteiger charge is 2.27. The van der Waals surface area contributed by atoms with Gasteiger partial charge in [0.05, 0.1) is 18.2 Å². The fourth-order valence-corrected chi connectivity index (χ4v) is 4.67. The second-order valence-corrected chi connectivity index (χ2v) is 11.4. The van der Waals surface area contributed by atoms with Crippen molar-refractivity contribution < 1.29 is 18.3 Å². The Bertz CT molecular complexity index is 1350. The van der Waals surface area contributed by atoms with E-state index in [4.69, 9.17) is 4.74 Å². The summed E-state index contributed by atoms with van der Waals surface area (Å²) in [5.41, 5.74) is 1.26. The van der Waals surface area contributed by atoms with Gasteiger partial charge in [-0.2, -0.15) is 0 Å². The van der Waals surface area contributed by atoms with Crippen LogP contribution in [0.1, 0.15) is 6.92 Å². The van der Waals surface area contributed by atoms with Gasteiger partial charge in [-0.05, 0) is 42.0 Å². The van der Waals surface area contributed by atoms with Crippen LogP contribution in [0, 0.1) is 11.6 Å². The van der Waals surface area contributed by atoms with E-state index in [1.807, 2.05) is 13.5 Å². The highest BCUT2D eigenvalue weighted by molar-refractivity contribution is 6.84. The van der Waals surface area contributed by atoms with Gasteiger partial charge in [-0.3, -0.25) is 9.20 Å². The summed E-state index contributed by atoms with van der Waals surface area (Å²) in [4.78, 5) is 27.4. The number of imidazole rings is 1. The number of nitrogens with zero attached hydrogens (tertiary/aromatic N) is 3. The smallest absolute Gasteiger partial charge is 0.276 e. The number of fused-ring (bicyclic) bond motifs is 1. The van der Waals surface area contributed by atoms with Crippen LogP contribution in [-0.4, -0.2) is 27.1 Å². The summed E-state index contributed by atoms with van der Waals surface area (Å²) in [5.74, 6) is -1.38. The molecule has 0 radical (unpaired) electrons. The van der Waals surface area contributed by atoms with Crippen LogP contribution in [0.5, 0.6) is 11.5 Å². The molecule has 0 saturated carbocycles. The molecule has 9 heteroatoms. The molecule has 2 heterocycles. The van der Waals surface area contributed by atoms with Crippen LogP contribution < -0.4 is 15.5 Å². The zero-order valence-electron chi connectivity index (χ0n) is 17.3. The molecule has 0 amide bonds. The number of ether oxygens (including phenoxy) is 1. The maximum atomic E-state index is 14.3. The Morgan fingerprint density at radius 2 is 1.90 bits per heavy atom. The van der Waals surface area contributed by atoms with Gasteiger partial charge in [0.25, 0.3) is 5.56 Å². The Hall–Kier alpha value is -3.30. The van der Waals surface area contributed by atoms with Crippen LogP contribution in [0.2, 0.25) is 12.6 Å². The molecular formula is C22H21F2N3O3Si. The number of aromatic nitrogens is 3. The SMILES string of the molecule is CC[Si](C)(O)c1ccc(Oc2ccc(F)cc2F)c(-c2cn(C)c(=O)c3cncn23)c1. The first-order valence-corrected chi connectivity index (χ1v) is 12.4. The van der Waals surface area contributed by atoms with Gasteiger partial charge in [-0.1, -0.05) is 13.0 Å². The molecule has 1 atom stereocenters. The molecule has 2 aromatic heterocycles. The Kier molecular flexibility index (Phi) is 5.24. The molecule has 0 aliphatic heterocycles. The van der Waals surface area contributed by atoms with Crippen molar-refractivity contribution >= 4 is 19.0 Å². The fourth-order valence-electron chi connectivity index (χ4n) is 3.36. The normalized spacial score (nSPS) is 13.4. The van der Waals surface area contributed by atoms with Crippen molar-refractivity contribution in [3.8, 4) is 22.8 Å². The van der Waals surface area contributed by atoms with Gasteiger partial charge >= 0.3 is 0 Å². The molecule has 1 N–H and O–H groups in total. The molecule has 6 nitrogen and oxygen atoms in total. The predicted octanol–water partition coefficient (Wildman–Crippen LogP) is 3.57. The summed E-state index contributed by atoms with van der Waals surface area (Å²) < 4.78 is 36.4. The first kappa shape index (κ1) is 20.9. The third-order valence-electron chi connectivity index (χ3n) is 5.43. The minimum atomic E-state index is -2.70. The Balaban J connectivity index is 1.96. The number of halogens is 2. The first-order valence-electron chi connectivity index (χ1n) is 9.73. The van der Waals surface area contributed by atoms with E-state index < -0.39 is 20.0 Å². The maximum Gasteiger partial charge on any atom is 0.276 e. The van der Waals surface area contributed by atoms with Crippen LogP contribution in [0.4, 0.5) is 8.78 Å². The largest absolute Gasteiger partial charge is 0.454 e. The second-order valence-electron chi connectivity index (χ2n) is 7.59. The molecule has 4 aromatic rings. The molecule has 4 rings (SSSR count). The van der Waals surface area contributed by atoms with Crippen molar-refractivity contribution in [2.45, 2.75) is 19.5 Å². The van der Waals surface area contributed by atoms with Gasteiger partial charge in [0, 0.05) is 24.9 Å². The van der Waals surface area contributed by atoms with Gasteiger partial charge < -0.3 is 14.1 Å². The maximum absolute atomic E-state index is 14.3. The van der Waals surface area contributed by atoms with Crippen LogP contribution >= 0.6 is 0 Å². The van der Waals surface area contributed by atoms with Crippen molar-refractivity contribution in [3.63, 3.8) is 0 Å². The summed E-state index contributed by atoms with van der Waals surface area (Å²) in [7, 11) is -1.07. The Morgan fingerprint density at radius 3 is 2.61 bits per heavy atom. The number of hydrogen-bond acceptors (Lipinski definition) is 4. The average molecular weight is 442 g/mol. The third-order valence-corrected chi connectivity index (χ3v) is 8.36. The molecule has 0 aliphatic carbocycles. The lowest BCUT2D eigenvalue weighted by Gasteiger charge is -2.21. The topological polar surface area (TPSA) is 68.8 Å². The summed E-state index contributed by atoms with van der Waals surface area (Å²) in [6.07, 6.45) is 4.61. The molecule has 0 saturated heterocycles. The van der Waals surface area contributed by atoms with Gasteiger partial charge in [0.2, 0.25) is 8.32 Å². The van der Waals surface area contributed by atoms with Gasteiger partial charge in [-0.15, -0.1) is 0 Å². The molecule has 0 aliphatic rings. The van der Waals surface area contributed by atoms with Crippen molar-refractivity contribution in [1.29, 1.82) is 0 Å². The lowest BCUT2D eigenvalue weighted by atomic mass is 10.1. The van der Waals surface area contributed by atoms with Crippen molar-refractivity contribution in [2.75, 3.05) is 0 Å². The molecule has 0 bridgehead atoms. The highest BCUT2D eigenvalue weighted by atomic mass is 28.4. The Labute approximate surface area is 178 Å². The zero-order valence-corrected chi connectivity index (χ0v) is 18.3. The molecule has 2 aromatic carbocycles. The summed E-state index contributed by atoms with van der Waals surface area (Å²) in [6, 6.07) is 8.88. The van der Waals surface area contributed by atoms with E-state index in [0.29, 0.717) is 28.6 Å². The summed E-state index contributed by atoms with van der Waals surface area (Å²) in [5, 5.41) is 0.763. The minimum absolute atomic E-state index is 0.137. The van der Waals surface area contributed by atoms with E-state index in [9.17, 15) is 18.4 Å². The van der Waals surface area contributed by atoms with Crippen LogP contribution in [0.3, 0.4) is 0 Å². The molecule has 31 heavy (non-hydrogen) atoms. The number of rotatable bonds is 5. The standard InChI is InChI=1S/C22H21F2N3O3Si/c1-4-31(3,29)15-6-8-20(30-21-7-5-14(23)9-17(21)24)16(10-15)19-12-26(2)22(28)18-11-25-13-27(18)19/h5-13,29H,4H2,1-3H3. The lowest BCUT2D eigenvalue weighted by molar-refractivity contribution is 0.439. The van der Waals surface area contributed by atoms with E-state index in [1.54, 1.807) is 35.8 Å². The van der Waals surface area contributed by atoms with Gasteiger partial charge in [0.15, 0.2) is 11.6 Å². The van der Waals surface area contributed by atoms with E-state index in [0.717, 1.165) is 17.3 Å². The Morgan fingerprint density at radius 1 is 1.16 bits per heavy atom. The van der Waals surface area contributed by atoms with E-state index in [2.05, 4.69) is 4.98 Å². The molecule has 160 valence electrons. The van der Waals surface area contributed by atoms with E-state index in [1.165, 1.54) is 23.2 Å². The third kappa shape index (κ3) is 3.77. The highest BCUT2D eigenvalue weighted by Crippen LogP contribution is 2.34. The van der Waals surface area contributed by atoms with Crippen LogP contribution in [0.15, 0.2) is 59.9 Å². The lowest BCUT2D eigenvalue weighted by Crippen LogP contribution is -2.44. The zero-order chi connectivity index (χ0) is 22.3. The molecule has 0 fully saturated rings. The first-order chi connectivity index (χ1) is 14.7. The van der Waals surface area contributed by atoms with E-state index in [-0.39, 0.29) is 11.3 Å². The molecule has 1 unspecified atom stereocenters. The van der Waals surface area contributed by atoms with Gasteiger partial charge in [0.1, 0.15) is 17.1 Å². The average Bonchev–Trinajstić information content (AvgIpc) is 3.23. The van der Waals surface area contributed by atoms with Gasteiger partial charge in [-0.25, -0.2) is 13.8 Å². The fraction of sp³-hybridized carbons (Fsp3) is 0.182. The monoisotopic (exact) mass is 441 g/mol. The predicted molar refractivity (Wildman–Crippen MR) is 116 cm³/mol. The van der Waals surface area contributed by atoms with Crippen molar-refractivity contribution in [3.05, 3.63) is 77.1 Å². The summed E-state index contributed by atoms with van der Waals surface area (Å²) >= 11 is 0. The number of aryl methyl sites for hydroxylation is 1. The van der Waals surface area contributed by atoms with Crippen molar-refractivity contribution in [1.82, 2.24) is 14.0 Å². The minimum Gasteiger partial charge on any atom is -0.454 e. The molecule has 0 spiro atoms. The van der Waals surface area contributed by atoms with Crippen molar-refractivity contribution in [2.24, 2.45) is 7.05 Å². The van der Waals surface area contributed by atoms with E-state index >= 15 is 0 Å². The van der Waals surface area contributed by atoms with Crippen LogP contribution in [0.25, 0.3) is 16.8 Å². The number of benzene rings is 2. The second kappa shape index (κ2) is 7.75. The molecular weight excluding hydrogens is 420 g/mol. The number of hydrogen-bond donors (Lipinski definition) is 1.